The summed E-state index contributed by atoms with van der Waals surface area (Å²) >= 11 is 0. The third-order valence-corrected chi connectivity index (χ3v) is 4.56. The van der Waals surface area contributed by atoms with Crippen molar-refractivity contribution < 1.29 is 14.3 Å². The van der Waals surface area contributed by atoms with Crippen LogP contribution in [-0.2, 0) is 16.1 Å². The van der Waals surface area contributed by atoms with Gasteiger partial charge >= 0.3 is 6.09 Å². The molecular weight excluding hydrogens is 304 g/mol. The Balaban J connectivity index is 1.88. The van der Waals surface area contributed by atoms with Gasteiger partial charge in [-0.3, -0.25) is 10.1 Å². The largest absolute Gasteiger partial charge is 0.453 e. The number of nitrogens with one attached hydrogen (secondary N) is 2. The summed E-state index contributed by atoms with van der Waals surface area (Å²) in [6.45, 7) is 8.87. The van der Waals surface area contributed by atoms with Gasteiger partial charge in [0.15, 0.2) is 0 Å². The molecule has 0 heterocycles. The molecule has 24 heavy (non-hydrogen) atoms. The van der Waals surface area contributed by atoms with E-state index in [9.17, 15) is 9.59 Å². The molecule has 2 N–H and O–H groups in total. The maximum atomic E-state index is 12.4. The molecule has 2 atom stereocenters. The maximum absolute atomic E-state index is 12.4. The second-order valence-corrected chi connectivity index (χ2v) is 7.10. The molecule has 0 aliphatic heterocycles. The van der Waals surface area contributed by atoms with E-state index in [1.807, 2.05) is 12.1 Å². The predicted molar refractivity (Wildman–Crippen MR) is 94.5 cm³/mol. The molecule has 0 bridgehead atoms. The van der Waals surface area contributed by atoms with Gasteiger partial charge in [0.25, 0.3) is 0 Å². The molecular formula is C19H26N2O3. The third kappa shape index (κ3) is 4.16. The summed E-state index contributed by atoms with van der Waals surface area (Å²) < 4.78 is 4.54. The SMILES string of the molecule is COC(=O)Nc1ccc(CNC(=O)[C@H]2[C@H](C=C(C)C)C2(C)C)cc1. The highest BCUT2D eigenvalue weighted by Gasteiger charge is 2.60. The normalized spacial score (nSPS) is 20.7. The smallest absolute Gasteiger partial charge is 0.411 e. The van der Waals surface area contributed by atoms with Crippen LogP contribution in [0.15, 0.2) is 35.9 Å². The van der Waals surface area contributed by atoms with Crippen molar-refractivity contribution in [3.8, 4) is 0 Å². The zero-order chi connectivity index (χ0) is 17.9. The maximum Gasteiger partial charge on any atom is 0.411 e. The van der Waals surface area contributed by atoms with Crippen LogP contribution in [0.4, 0.5) is 10.5 Å². The van der Waals surface area contributed by atoms with Crippen LogP contribution in [0.1, 0.15) is 33.3 Å². The van der Waals surface area contributed by atoms with E-state index in [-0.39, 0.29) is 17.2 Å². The minimum atomic E-state index is -0.502. The fraction of sp³-hybridized carbons (Fsp3) is 0.474. The minimum absolute atomic E-state index is 0.0235. The number of amides is 2. The Morgan fingerprint density at radius 3 is 2.38 bits per heavy atom. The molecule has 2 rings (SSSR count). The zero-order valence-electron chi connectivity index (χ0n) is 15.0. The van der Waals surface area contributed by atoms with Crippen LogP contribution in [0, 0.1) is 17.3 Å². The average Bonchev–Trinajstić information content (AvgIpc) is 3.06. The van der Waals surface area contributed by atoms with Crippen molar-refractivity contribution in [3.63, 3.8) is 0 Å². The van der Waals surface area contributed by atoms with E-state index in [0.29, 0.717) is 18.2 Å². The number of hydrogen-bond acceptors (Lipinski definition) is 3. The lowest BCUT2D eigenvalue weighted by molar-refractivity contribution is -0.123. The van der Waals surface area contributed by atoms with Gasteiger partial charge in [0.05, 0.1) is 13.0 Å². The van der Waals surface area contributed by atoms with E-state index >= 15 is 0 Å². The monoisotopic (exact) mass is 330 g/mol. The Morgan fingerprint density at radius 2 is 1.83 bits per heavy atom. The second-order valence-electron chi connectivity index (χ2n) is 7.10. The zero-order valence-corrected chi connectivity index (χ0v) is 15.0. The standard InChI is InChI=1S/C19H26N2O3/c1-12(2)10-15-16(19(15,3)4)17(22)20-11-13-6-8-14(9-7-13)21-18(23)24-5/h6-10,15-16H,11H2,1-5H3,(H,20,22)(H,21,23)/t15-,16+/m0/s1. The Bertz CT molecular complexity index is 643. The number of carbonyl (C=O) groups excluding carboxylic acids is 2. The van der Waals surface area contributed by atoms with Gasteiger partial charge in [0.2, 0.25) is 5.91 Å². The molecule has 0 unspecified atom stereocenters. The molecule has 5 heteroatoms. The van der Waals surface area contributed by atoms with Crippen molar-refractivity contribution in [3.05, 3.63) is 41.5 Å². The fourth-order valence-corrected chi connectivity index (χ4v) is 3.02. The first-order valence-corrected chi connectivity index (χ1v) is 8.12. The van der Waals surface area contributed by atoms with Crippen molar-refractivity contribution in [2.75, 3.05) is 12.4 Å². The first-order valence-electron chi connectivity index (χ1n) is 8.12. The summed E-state index contributed by atoms with van der Waals surface area (Å²) in [6.07, 6.45) is 1.69. The summed E-state index contributed by atoms with van der Waals surface area (Å²) in [7, 11) is 1.32. The van der Waals surface area contributed by atoms with Gasteiger partial charge < -0.3 is 10.1 Å². The number of anilines is 1. The van der Waals surface area contributed by atoms with Crippen LogP contribution in [0.2, 0.25) is 0 Å². The van der Waals surface area contributed by atoms with Gasteiger partial charge in [-0.25, -0.2) is 4.79 Å². The lowest BCUT2D eigenvalue weighted by Crippen LogP contribution is -2.26. The van der Waals surface area contributed by atoms with E-state index < -0.39 is 6.09 Å². The van der Waals surface area contributed by atoms with E-state index in [4.69, 9.17) is 0 Å². The molecule has 1 aromatic rings. The Hall–Kier alpha value is -2.30. The minimum Gasteiger partial charge on any atom is -0.453 e. The van der Waals surface area contributed by atoms with E-state index in [1.165, 1.54) is 12.7 Å². The summed E-state index contributed by atoms with van der Waals surface area (Å²) in [5, 5.41) is 5.60. The molecule has 1 fully saturated rings. The number of benzene rings is 1. The number of ether oxygens (including phenoxy) is 1. The van der Waals surface area contributed by atoms with Gasteiger partial charge in [-0.15, -0.1) is 0 Å². The molecule has 1 aliphatic carbocycles. The Kier molecular flexibility index (Phi) is 5.32. The molecule has 1 aromatic carbocycles. The molecule has 2 amide bonds. The highest BCUT2D eigenvalue weighted by atomic mass is 16.5. The first-order chi connectivity index (χ1) is 11.3. The van der Waals surface area contributed by atoms with E-state index in [1.54, 1.807) is 12.1 Å². The molecule has 0 saturated heterocycles. The quantitative estimate of drug-likeness (QED) is 0.809. The molecule has 0 aromatic heterocycles. The lowest BCUT2D eigenvalue weighted by atomic mass is 10.1. The molecule has 0 radical (unpaired) electrons. The van der Waals surface area contributed by atoms with Gasteiger partial charge in [-0.2, -0.15) is 0 Å². The van der Waals surface area contributed by atoms with E-state index in [0.717, 1.165) is 5.56 Å². The Morgan fingerprint density at radius 1 is 1.21 bits per heavy atom. The van der Waals surface area contributed by atoms with Crippen LogP contribution < -0.4 is 10.6 Å². The van der Waals surface area contributed by atoms with Crippen LogP contribution in [-0.4, -0.2) is 19.1 Å². The van der Waals surface area contributed by atoms with Crippen molar-refractivity contribution in [2.24, 2.45) is 17.3 Å². The number of allylic oxidation sites excluding steroid dienone is 2. The van der Waals surface area contributed by atoms with Gasteiger partial charge in [-0.05, 0) is 42.9 Å². The summed E-state index contributed by atoms with van der Waals surface area (Å²) in [4.78, 5) is 23.6. The second kappa shape index (κ2) is 7.07. The van der Waals surface area contributed by atoms with Crippen molar-refractivity contribution in [2.45, 2.75) is 34.2 Å². The molecule has 1 aliphatic rings. The number of hydrogen-bond donors (Lipinski definition) is 2. The van der Waals surface area contributed by atoms with Crippen molar-refractivity contribution >= 4 is 17.7 Å². The topological polar surface area (TPSA) is 67.4 Å². The third-order valence-electron chi connectivity index (χ3n) is 4.56. The molecule has 130 valence electrons. The average molecular weight is 330 g/mol. The van der Waals surface area contributed by atoms with Gasteiger partial charge in [0.1, 0.15) is 0 Å². The highest BCUT2D eigenvalue weighted by molar-refractivity contribution is 5.85. The molecule has 5 nitrogen and oxygen atoms in total. The first kappa shape index (κ1) is 18.0. The van der Waals surface area contributed by atoms with Crippen LogP contribution >= 0.6 is 0 Å². The highest BCUT2D eigenvalue weighted by Crippen LogP contribution is 2.59. The fourth-order valence-electron chi connectivity index (χ4n) is 3.02. The van der Waals surface area contributed by atoms with E-state index in [2.05, 4.69) is 49.1 Å². The Labute approximate surface area is 143 Å². The van der Waals surface area contributed by atoms with Crippen molar-refractivity contribution in [1.82, 2.24) is 5.32 Å². The summed E-state index contributed by atoms with van der Waals surface area (Å²) in [6, 6.07) is 7.31. The number of carbonyl (C=O) groups is 2. The van der Waals surface area contributed by atoms with Crippen LogP contribution in [0.25, 0.3) is 0 Å². The van der Waals surface area contributed by atoms with Gasteiger partial charge in [0, 0.05) is 12.2 Å². The number of methoxy groups -OCH3 is 1. The van der Waals surface area contributed by atoms with Crippen LogP contribution in [0.3, 0.4) is 0 Å². The lowest BCUT2D eigenvalue weighted by Gasteiger charge is -2.08. The number of rotatable bonds is 5. The van der Waals surface area contributed by atoms with Crippen LogP contribution in [0.5, 0.6) is 0 Å². The van der Waals surface area contributed by atoms with Gasteiger partial charge in [-0.1, -0.05) is 37.6 Å². The predicted octanol–water partition coefficient (Wildman–Crippen LogP) is 3.72. The molecule has 1 saturated carbocycles. The van der Waals surface area contributed by atoms with Crippen molar-refractivity contribution in [1.29, 1.82) is 0 Å². The molecule has 0 spiro atoms. The summed E-state index contributed by atoms with van der Waals surface area (Å²) in [5.74, 6) is 0.445. The summed E-state index contributed by atoms with van der Waals surface area (Å²) in [5.41, 5.74) is 2.91.